The quantitative estimate of drug-likeness (QED) is 0.168. The van der Waals surface area contributed by atoms with Crippen molar-refractivity contribution in [2.75, 3.05) is 19.6 Å². The summed E-state index contributed by atoms with van der Waals surface area (Å²) < 4.78 is 42.9. The van der Waals surface area contributed by atoms with Gasteiger partial charge in [0.05, 0.1) is 27.0 Å². The van der Waals surface area contributed by atoms with E-state index in [1.807, 2.05) is 0 Å². The second-order valence-electron chi connectivity index (χ2n) is 13.2. The average molecular weight is 691 g/mol. The molecule has 2 atom stereocenters. The van der Waals surface area contributed by atoms with Crippen LogP contribution in [0.3, 0.4) is 0 Å². The fraction of sp³-hybridized carbons (Fsp3) is 0.472. The van der Waals surface area contributed by atoms with Crippen molar-refractivity contribution in [1.29, 1.82) is 0 Å². The number of sulfonamides is 1. The van der Waals surface area contributed by atoms with Crippen LogP contribution in [-0.4, -0.2) is 38.9 Å². The van der Waals surface area contributed by atoms with Crippen LogP contribution >= 0.6 is 23.2 Å². The molecule has 4 rings (SSSR count). The Kier molecular flexibility index (Phi) is 13.1. The number of hydrogen-bond donors (Lipinski definition) is 2. The summed E-state index contributed by atoms with van der Waals surface area (Å²) in [5.74, 6) is 0.524. The van der Waals surface area contributed by atoms with Gasteiger partial charge in [0, 0.05) is 19.5 Å². The number of benzene rings is 3. The van der Waals surface area contributed by atoms with Gasteiger partial charge in [-0.3, -0.25) is 4.79 Å². The molecule has 0 bridgehead atoms. The van der Waals surface area contributed by atoms with E-state index in [0.29, 0.717) is 17.4 Å². The van der Waals surface area contributed by atoms with Crippen molar-refractivity contribution in [3.63, 3.8) is 0 Å². The van der Waals surface area contributed by atoms with Crippen LogP contribution in [0.2, 0.25) is 10.0 Å². The third-order valence-electron chi connectivity index (χ3n) is 8.20. The van der Waals surface area contributed by atoms with Gasteiger partial charge in [0.15, 0.2) is 0 Å². The molecule has 0 aliphatic heterocycles. The van der Waals surface area contributed by atoms with Gasteiger partial charge in [0.1, 0.15) is 5.82 Å². The number of halogens is 3. The van der Waals surface area contributed by atoms with E-state index in [-0.39, 0.29) is 33.3 Å². The standard InChI is InChI=1S/C36H46Cl2FN3O3S/c1-24(2)22-42(23-25(3)4)18-6-7-26-10-16-31-28(19-26)8-5-9-34(31)40-36(43)21-35(27-11-13-29(39)14-12-27)41-46(44,45)30-15-17-32(37)33(38)20-30/h10-17,19-20,24-25,34-35,41H,5-9,18,21-23H2,1-4H3,(H,40,43). The van der Waals surface area contributed by atoms with Crippen LogP contribution in [-0.2, 0) is 27.7 Å². The molecule has 1 amide bonds. The lowest BCUT2D eigenvalue weighted by Crippen LogP contribution is -2.36. The highest BCUT2D eigenvalue weighted by Gasteiger charge is 2.27. The molecule has 3 aromatic rings. The Morgan fingerprint density at radius 2 is 1.65 bits per heavy atom. The minimum absolute atomic E-state index is 0.0843. The first-order valence-electron chi connectivity index (χ1n) is 16.2. The average Bonchev–Trinajstić information content (AvgIpc) is 2.98. The fourth-order valence-electron chi connectivity index (χ4n) is 6.23. The lowest BCUT2D eigenvalue weighted by Gasteiger charge is -2.28. The van der Waals surface area contributed by atoms with Gasteiger partial charge in [-0.2, -0.15) is 0 Å². The van der Waals surface area contributed by atoms with Crippen molar-refractivity contribution in [1.82, 2.24) is 14.9 Å². The van der Waals surface area contributed by atoms with Crippen molar-refractivity contribution in [2.45, 2.75) is 83.2 Å². The second-order valence-corrected chi connectivity index (χ2v) is 15.7. The monoisotopic (exact) mass is 689 g/mol. The number of carbonyl (C=O) groups is 1. The molecule has 1 aliphatic carbocycles. The highest BCUT2D eigenvalue weighted by molar-refractivity contribution is 7.89. The molecule has 1 aliphatic rings. The molecule has 0 saturated heterocycles. The first-order valence-corrected chi connectivity index (χ1v) is 18.4. The predicted molar refractivity (Wildman–Crippen MR) is 185 cm³/mol. The number of amides is 1. The van der Waals surface area contributed by atoms with Gasteiger partial charge < -0.3 is 10.2 Å². The summed E-state index contributed by atoms with van der Waals surface area (Å²) in [7, 11) is -4.08. The summed E-state index contributed by atoms with van der Waals surface area (Å²) in [5.41, 5.74) is 4.15. The van der Waals surface area contributed by atoms with Gasteiger partial charge >= 0.3 is 0 Å². The number of nitrogens with one attached hydrogen (secondary N) is 2. The molecular weight excluding hydrogens is 644 g/mol. The summed E-state index contributed by atoms with van der Waals surface area (Å²) in [4.78, 5) is 15.9. The lowest BCUT2D eigenvalue weighted by molar-refractivity contribution is -0.122. The molecule has 6 nitrogen and oxygen atoms in total. The number of rotatable bonds is 15. The van der Waals surface area contributed by atoms with Gasteiger partial charge in [-0.25, -0.2) is 17.5 Å². The maximum absolute atomic E-state index is 13.7. The third-order valence-corrected chi connectivity index (χ3v) is 10.4. The molecule has 10 heteroatoms. The Labute approximate surface area is 284 Å². The Hall–Kier alpha value is -2.49. The van der Waals surface area contributed by atoms with Crippen LogP contribution in [0.25, 0.3) is 0 Å². The van der Waals surface area contributed by atoms with E-state index < -0.39 is 21.9 Å². The number of nitrogens with zero attached hydrogens (tertiary/aromatic N) is 1. The minimum Gasteiger partial charge on any atom is -0.349 e. The van der Waals surface area contributed by atoms with Crippen molar-refractivity contribution in [2.24, 2.45) is 11.8 Å². The molecule has 0 fully saturated rings. The Bertz CT molecular complexity index is 1570. The van der Waals surface area contributed by atoms with Crippen LogP contribution in [0.15, 0.2) is 65.6 Å². The molecule has 3 aromatic carbocycles. The van der Waals surface area contributed by atoms with Crippen molar-refractivity contribution in [3.8, 4) is 0 Å². The second kappa shape index (κ2) is 16.6. The summed E-state index contributed by atoms with van der Waals surface area (Å²) in [5, 5.41) is 3.47. The highest BCUT2D eigenvalue weighted by atomic mass is 35.5. The summed E-state index contributed by atoms with van der Waals surface area (Å²) in [6.07, 6.45) is 4.65. The molecule has 2 unspecified atom stereocenters. The van der Waals surface area contributed by atoms with Crippen LogP contribution < -0.4 is 10.0 Å². The van der Waals surface area contributed by atoms with Crippen LogP contribution in [0, 0.1) is 17.7 Å². The largest absolute Gasteiger partial charge is 0.349 e. The summed E-state index contributed by atoms with van der Waals surface area (Å²) in [6.45, 7) is 12.4. The van der Waals surface area contributed by atoms with Gasteiger partial charge in [0.25, 0.3) is 0 Å². The van der Waals surface area contributed by atoms with Crippen molar-refractivity contribution >= 4 is 39.1 Å². The number of hydrogen-bond acceptors (Lipinski definition) is 4. The van der Waals surface area contributed by atoms with Gasteiger partial charge in [-0.1, -0.05) is 81.2 Å². The maximum atomic E-state index is 13.7. The first kappa shape index (κ1) is 36.3. The van der Waals surface area contributed by atoms with E-state index in [4.69, 9.17) is 23.2 Å². The van der Waals surface area contributed by atoms with Gasteiger partial charge in [-0.05, 0) is 103 Å². The third kappa shape index (κ3) is 10.5. The topological polar surface area (TPSA) is 78.5 Å². The molecule has 0 radical (unpaired) electrons. The maximum Gasteiger partial charge on any atom is 0.241 e. The fourth-order valence-corrected chi connectivity index (χ4v) is 7.84. The minimum atomic E-state index is -4.08. The molecule has 0 spiro atoms. The molecular formula is C36H46Cl2FN3O3S. The Balaban J connectivity index is 1.43. The predicted octanol–water partition coefficient (Wildman–Crippen LogP) is 8.28. The Morgan fingerprint density at radius 1 is 0.957 bits per heavy atom. The number of fused-ring (bicyclic) bond motifs is 1. The van der Waals surface area contributed by atoms with Crippen LogP contribution in [0.4, 0.5) is 4.39 Å². The van der Waals surface area contributed by atoms with E-state index in [0.717, 1.165) is 57.3 Å². The summed E-state index contributed by atoms with van der Waals surface area (Å²) >= 11 is 12.1. The zero-order valence-corrected chi connectivity index (χ0v) is 29.5. The van der Waals surface area contributed by atoms with Crippen LogP contribution in [0.5, 0.6) is 0 Å². The lowest BCUT2D eigenvalue weighted by atomic mass is 9.86. The Morgan fingerprint density at radius 3 is 2.30 bits per heavy atom. The first-order chi connectivity index (χ1) is 21.8. The van der Waals surface area contributed by atoms with E-state index in [1.54, 1.807) is 0 Å². The number of carbonyl (C=O) groups excluding carboxylic acids is 1. The molecule has 2 N–H and O–H groups in total. The molecule has 0 heterocycles. The zero-order valence-electron chi connectivity index (χ0n) is 27.2. The van der Waals surface area contributed by atoms with E-state index in [1.165, 1.54) is 53.6 Å². The van der Waals surface area contributed by atoms with Crippen molar-refractivity contribution < 1.29 is 17.6 Å². The zero-order chi connectivity index (χ0) is 33.4. The van der Waals surface area contributed by atoms with E-state index >= 15 is 0 Å². The van der Waals surface area contributed by atoms with Crippen molar-refractivity contribution in [3.05, 3.63) is 98.8 Å². The van der Waals surface area contributed by atoms with E-state index in [9.17, 15) is 17.6 Å². The molecule has 0 aromatic heterocycles. The highest BCUT2D eigenvalue weighted by Crippen LogP contribution is 2.32. The van der Waals surface area contributed by atoms with E-state index in [2.05, 4.69) is 60.8 Å². The molecule has 0 saturated carbocycles. The molecule has 46 heavy (non-hydrogen) atoms. The number of aryl methyl sites for hydroxylation is 2. The van der Waals surface area contributed by atoms with Crippen LogP contribution in [0.1, 0.15) is 87.7 Å². The SMILES string of the molecule is CC(C)CN(CCCc1ccc2c(c1)CCCC2NC(=O)CC(NS(=O)(=O)c1ccc(Cl)c(Cl)c1)c1ccc(F)cc1)CC(C)C. The van der Waals surface area contributed by atoms with Gasteiger partial charge in [0.2, 0.25) is 15.9 Å². The summed E-state index contributed by atoms with van der Waals surface area (Å²) in [6, 6.07) is 14.9. The normalized spacial score (nSPS) is 15.7. The smallest absolute Gasteiger partial charge is 0.241 e. The van der Waals surface area contributed by atoms with Gasteiger partial charge in [-0.15, -0.1) is 0 Å². The molecule has 250 valence electrons.